The van der Waals surface area contributed by atoms with Gasteiger partial charge in [0.15, 0.2) is 22.2 Å². The second-order valence-corrected chi connectivity index (χ2v) is 8.12. The molecule has 8 heteroatoms. The summed E-state index contributed by atoms with van der Waals surface area (Å²) in [7, 11) is 1.58. The van der Waals surface area contributed by atoms with Crippen molar-refractivity contribution in [3.8, 4) is 11.5 Å². The molecular formula is C19H20N2O4S2. The molecule has 0 radical (unpaired) electrons. The number of Topliss-reactive ketones (excluding diaryl/α,β-unsaturated/α-hetero) is 1. The summed E-state index contributed by atoms with van der Waals surface area (Å²) in [6.45, 7) is 0.880. The van der Waals surface area contributed by atoms with Crippen molar-refractivity contribution in [3.05, 3.63) is 54.4 Å². The number of carbonyl (C=O) groups is 2. The number of pyridine rings is 1. The minimum absolute atomic E-state index is 0.0675. The van der Waals surface area contributed by atoms with E-state index in [1.54, 1.807) is 31.5 Å². The number of nitrogens with one attached hydrogen (secondary N) is 1. The number of para-hydroxylation sites is 2. The van der Waals surface area contributed by atoms with Gasteiger partial charge in [-0.3, -0.25) is 19.9 Å². The van der Waals surface area contributed by atoms with Crippen molar-refractivity contribution < 1.29 is 19.1 Å². The van der Waals surface area contributed by atoms with Crippen LogP contribution in [0.1, 0.15) is 10.4 Å². The van der Waals surface area contributed by atoms with Crippen LogP contribution in [0.2, 0.25) is 0 Å². The summed E-state index contributed by atoms with van der Waals surface area (Å²) >= 11 is 2.50. The standard InChI is InChI=1S/C19H20N2O4S2/c1-24-15-6-2-3-7-16(15)25-13-19(21-9-10-27-19)17(22)12-26-18(23)14-5-4-8-20-11-14/h2-8,11,21H,9-10,12-13H2,1H3. The van der Waals surface area contributed by atoms with Crippen molar-refractivity contribution in [3.63, 3.8) is 0 Å². The summed E-state index contributed by atoms with van der Waals surface area (Å²) in [5.74, 6) is 2.01. The van der Waals surface area contributed by atoms with Gasteiger partial charge in [0.1, 0.15) is 6.61 Å². The van der Waals surface area contributed by atoms with Gasteiger partial charge in [0, 0.05) is 30.3 Å². The predicted octanol–water partition coefficient (Wildman–Crippen LogP) is 2.64. The Bertz CT molecular complexity index is 795. The monoisotopic (exact) mass is 404 g/mol. The summed E-state index contributed by atoms with van der Waals surface area (Å²) in [5.41, 5.74) is 0.488. The summed E-state index contributed by atoms with van der Waals surface area (Å²) in [5, 5.41) is 3.09. The molecule has 1 unspecified atom stereocenters. The minimum atomic E-state index is -0.858. The van der Waals surface area contributed by atoms with Crippen LogP contribution in [0.15, 0.2) is 48.8 Å². The topological polar surface area (TPSA) is 77.5 Å². The Hall–Kier alpha value is -2.03. The number of carbonyl (C=O) groups excluding carboxylic acids is 2. The number of benzene rings is 1. The molecule has 0 amide bonds. The number of aromatic nitrogens is 1. The fourth-order valence-corrected chi connectivity index (χ4v) is 4.63. The highest BCUT2D eigenvalue weighted by molar-refractivity contribution is 8.14. The molecule has 2 heterocycles. The number of thioether (sulfide) groups is 2. The molecule has 0 aliphatic carbocycles. The van der Waals surface area contributed by atoms with Gasteiger partial charge in [-0.1, -0.05) is 23.9 Å². The number of hydrogen-bond donors (Lipinski definition) is 1. The third-order valence-corrected chi connectivity index (χ3v) is 6.34. The Morgan fingerprint density at radius 3 is 2.74 bits per heavy atom. The maximum Gasteiger partial charge on any atom is 0.221 e. The molecule has 1 fully saturated rings. The Labute approximate surface area is 166 Å². The molecule has 2 aromatic rings. The van der Waals surface area contributed by atoms with Gasteiger partial charge in [0.25, 0.3) is 0 Å². The van der Waals surface area contributed by atoms with Crippen LogP contribution < -0.4 is 14.8 Å². The van der Waals surface area contributed by atoms with Crippen molar-refractivity contribution in [2.24, 2.45) is 0 Å². The van der Waals surface area contributed by atoms with E-state index in [0.29, 0.717) is 23.6 Å². The van der Waals surface area contributed by atoms with E-state index in [9.17, 15) is 9.59 Å². The lowest BCUT2D eigenvalue weighted by Gasteiger charge is -2.27. The van der Waals surface area contributed by atoms with Crippen LogP contribution in [0.25, 0.3) is 0 Å². The van der Waals surface area contributed by atoms with Gasteiger partial charge in [0.2, 0.25) is 5.12 Å². The van der Waals surface area contributed by atoms with E-state index in [0.717, 1.165) is 17.5 Å². The first-order valence-electron chi connectivity index (χ1n) is 8.40. The van der Waals surface area contributed by atoms with Crippen LogP contribution in [-0.4, -0.2) is 52.5 Å². The summed E-state index contributed by atoms with van der Waals surface area (Å²) < 4.78 is 11.2. The van der Waals surface area contributed by atoms with E-state index in [1.165, 1.54) is 18.0 Å². The average molecular weight is 405 g/mol. The molecule has 1 saturated heterocycles. The van der Waals surface area contributed by atoms with E-state index < -0.39 is 4.87 Å². The molecule has 1 aliphatic rings. The SMILES string of the molecule is COc1ccccc1OCC1(C(=O)CSC(=O)c2cccnc2)NCCS1. The third-order valence-electron chi connectivity index (χ3n) is 4.04. The molecule has 1 aromatic heterocycles. The Balaban J connectivity index is 1.63. The first-order valence-corrected chi connectivity index (χ1v) is 10.4. The Morgan fingerprint density at radius 1 is 1.26 bits per heavy atom. The second kappa shape index (κ2) is 9.25. The van der Waals surface area contributed by atoms with Crippen molar-refractivity contribution in [2.45, 2.75) is 4.87 Å². The van der Waals surface area contributed by atoms with Crippen molar-refractivity contribution in [1.29, 1.82) is 0 Å². The molecule has 0 spiro atoms. The van der Waals surface area contributed by atoms with E-state index in [2.05, 4.69) is 10.3 Å². The maximum atomic E-state index is 12.9. The molecule has 6 nitrogen and oxygen atoms in total. The molecule has 1 atom stereocenters. The first-order chi connectivity index (χ1) is 13.1. The lowest BCUT2D eigenvalue weighted by atomic mass is 10.2. The lowest BCUT2D eigenvalue weighted by molar-refractivity contribution is -0.120. The molecule has 142 valence electrons. The Kier molecular flexibility index (Phi) is 6.76. The zero-order chi connectivity index (χ0) is 19.1. The van der Waals surface area contributed by atoms with Gasteiger partial charge < -0.3 is 9.47 Å². The average Bonchev–Trinajstić information content (AvgIpc) is 3.21. The van der Waals surface area contributed by atoms with Gasteiger partial charge in [0.05, 0.1) is 12.9 Å². The molecule has 27 heavy (non-hydrogen) atoms. The third kappa shape index (κ3) is 4.82. The number of hydrogen-bond acceptors (Lipinski definition) is 8. The predicted molar refractivity (Wildman–Crippen MR) is 108 cm³/mol. The van der Waals surface area contributed by atoms with Gasteiger partial charge in [-0.05, 0) is 24.3 Å². The van der Waals surface area contributed by atoms with Gasteiger partial charge in [-0.15, -0.1) is 11.8 Å². The number of ether oxygens (including phenoxy) is 2. The fourth-order valence-electron chi connectivity index (χ4n) is 2.61. The van der Waals surface area contributed by atoms with Crippen LogP contribution in [0, 0.1) is 0 Å². The fraction of sp³-hybridized carbons (Fsp3) is 0.316. The Morgan fingerprint density at radius 2 is 2.07 bits per heavy atom. The molecule has 3 rings (SSSR count). The van der Waals surface area contributed by atoms with Crippen molar-refractivity contribution in [2.75, 3.05) is 31.8 Å². The van der Waals surface area contributed by atoms with Crippen LogP contribution in [0.3, 0.4) is 0 Å². The highest BCUT2D eigenvalue weighted by atomic mass is 32.2. The minimum Gasteiger partial charge on any atom is -0.493 e. The maximum absolute atomic E-state index is 12.9. The van der Waals surface area contributed by atoms with Crippen LogP contribution in [-0.2, 0) is 4.79 Å². The largest absolute Gasteiger partial charge is 0.493 e. The van der Waals surface area contributed by atoms with Crippen LogP contribution in [0.5, 0.6) is 11.5 Å². The molecule has 1 N–H and O–H groups in total. The number of ketones is 1. The lowest BCUT2D eigenvalue weighted by Crippen LogP contribution is -2.51. The molecule has 0 saturated carbocycles. The molecule has 1 aliphatic heterocycles. The smallest absolute Gasteiger partial charge is 0.221 e. The van der Waals surface area contributed by atoms with E-state index in [4.69, 9.17) is 9.47 Å². The summed E-state index contributed by atoms with van der Waals surface area (Å²) in [4.78, 5) is 28.2. The van der Waals surface area contributed by atoms with E-state index >= 15 is 0 Å². The number of methoxy groups -OCH3 is 1. The highest BCUT2D eigenvalue weighted by Gasteiger charge is 2.42. The molecular weight excluding hydrogens is 384 g/mol. The zero-order valence-electron chi connectivity index (χ0n) is 14.8. The molecule has 0 bridgehead atoms. The van der Waals surface area contributed by atoms with Gasteiger partial charge >= 0.3 is 0 Å². The number of rotatable bonds is 8. The van der Waals surface area contributed by atoms with Crippen molar-refractivity contribution in [1.82, 2.24) is 10.3 Å². The van der Waals surface area contributed by atoms with E-state index in [1.807, 2.05) is 18.2 Å². The second-order valence-electron chi connectivity index (χ2n) is 5.78. The van der Waals surface area contributed by atoms with Gasteiger partial charge in [-0.2, -0.15) is 0 Å². The molecule has 1 aromatic carbocycles. The van der Waals surface area contributed by atoms with Gasteiger partial charge in [-0.25, -0.2) is 0 Å². The quantitative estimate of drug-likeness (QED) is 0.720. The zero-order valence-corrected chi connectivity index (χ0v) is 16.5. The number of nitrogens with zero attached hydrogens (tertiary/aromatic N) is 1. The van der Waals surface area contributed by atoms with Crippen molar-refractivity contribution >= 4 is 34.4 Å². The normalized spacial score (nSPS) is 18.9. The van der Waals surface area contributed by atoms with Crippen LogP contribution >= 0.6 is 23.5 Å². The highest BCUT2D eigenvalue weighted by Crippen LogP contribution is 2.33. The summed E-state index contributed by atoms with van der Waals surface area (Å²) in [6, 6.07) is 10.7. The summed E-state index contributed by atoms with van der Waals surface area (Å²) in [6.07, 6.45) is 3.11. The first kappa shape index (κ1) is 19.7. The van der Waals surface area contributed by atoms with E-state index in [-0.39, 0.29) is 23.3 Å². The van der Waals surface area contributed by atoms with Crippen LogP contribution in [0.4, 0.5) is 0 Å².